The molecule has 3 nitrogen and oxygen atoms in total. The van der Waals surface area contributed by atoms with Crippen LogP contribution >= 0.6 is 0 Å². The average molecular weight is 237 g/mol. The highest BCUT2D eigenvalue weighted by atomic mass is 16.5. The van der Waals surface area contributed by atoms with Gasteiger partial charge in [0.15, 0.2) is 0 Å². The molecule has 1 aromatic carbocycles. The van der Waals surface area contributed by atoms with Crippen molar-refractivity contribution < 1.29 is 9.84 Å². The van der Waals surface area contributed by atoms with Crippen LogP contribution in [0.3, 0.4) is 0 Å². The lowest BCUT2D eigenvalue weighted by atomic mass is 9.95. The molecule has 0 aliphatic heterocycles. The number of ether oxygens (including phenoxy) is 1. The Balaban J connectivity index is 2.68. The molecule has 1 atom stereocenters. The minimum atomic E-state index is -0.765. The van der Waals surface area contributed by atoms with Crippen molar-refractivity contribution in [3.8, 4) is 5.75 Å². The van der Waals surface area contributed by atoms with Crippen molar-refractivity contribution in [1.82, 2.24) is 5.32 Å². The molecular weight excluding hydrogens is 214 g/mol. The summed E-state index contributed by atoms with van der Waals surface area (Å²) in [6, 6.07) is 8.18. The van der Waals surface area contributed by atoms with Gasteiger partial charge in [-0.3, -0.25) is 0 Å². The summed E-state index contributed by atoms with van der Waals surface area (Å²) in [4.78, 5) is 0. The molecule has 0 saturated carbocycles. The Morgan fingerprint density at radius 3 is 2.59 bits per heavy atom. The Hall–Kier alpha value is -1.06. The zero-order valence-electron chi connectivity index (χ0n) is 11.2. The van der Waals surface area contributed by atoms with Crippen molar-refractivity contribution in [1.29, 1.82) is 0 Å². The Kier molecular flexibility index (Phi) is 4.97. The van der Waals surface area contributed by atoms with Crippen molar-refractivity contribution in [3.63, 3.8) is 0 Å². The van der Waals surface area contributed by atoms with Gasteiger partial charge in [0, 0.05) is 19.0 Å². The van der Waals surface area contributed by atoms with E-state index >= 15 is 0 Å². The summed E-state index contributed by atoms with van der Waals surface area (Å²) >= 11 is 0. The second-order valence-corrected chi connectivity index (χ2v) is 5.02. The summed E-state index contributed by atoms with van der Waals surface area (Å²) in [6.07, 6.45) is 0.580. The van der Waals surface area contributed by atoms with E-state index in [-0.39, 0.29) is 0 Å². The van der Waals surface area contributed by atoms with E-state index in [9.17, 15) is 5.11 Å². The first-order valence-corrected chi connectivity index (χ1v) is 6.02. The molecule has 0 saturated heterocycles. The van der Waals surface area contributed by atoms with Crippen LogP contribution in [0.4, 0.5) is 0 Å². The fourth-order valence-corrected chi connectivity index (χ4v) is 1.75. The van der Waals surface area contributed by atoms with E-state index in [1.165, 1.54) is 0 Å². The maximum atomic E-state index is 10.3. The molecule has 1 rings (SSSR count). The minimum absolute atomic E-state index is 0.374. The monoisotopic (exact) mass is 237 g/mol. The maximum Gasteiger partial charge on any atom is 0.122 e. The first-order valence-electron chi connectivity index (χ1n) is 6.02. The molecule has 1 unspecified atom stereocenters. The van der Waals surface area contributed by atoms with Crippen LogP contribution in [0.1, 0.15) is 26.3 Å². The summed E-state index contributed by atoms with van der Waals surface area (Å²) in [5, 5.41) is 13.6. The maximum absolute atomic E-state index is 10.3. The van der Waals surface area contributed by atoms with Crippen LogP contribution in [0.15, 0.2) is 24.3 Å². The number of para-hydroxylation sites is 1. The van der Waals surface area contributed by atoms with E-state index in [0.29, 0.717) is 19.0 Å². The van der Waals surface area contributed by atoms with E-state index in [1.54, 1.807) is 7.11 Å². The van der Waals surface area contributed by atoms with Crippen LogP contribution < -0.4 is 10.1 Å². The molecule has 2 N–H and O–H groups in total. The van der Waals surface area contributed by atoms with Crippen molar-refractivity contribution in [2.24, 2.45) is 0 Å². The van der Waals surface area contributed by atoms with Crippen LogP contribution in [-0.4, -0.2) is 30.4 Å². The molecule has 0 heterocycles. The highest BCUT2D eigenvalue weighted by molar-refractivity contribution is 5.34. The number of aliphatic hydroxyl groups is 1. The fraction of sp³-hybridized carbons (Fsp3) is 0.571. The Bertz CT molecular complexity index is 348. The van der Waals surface area contributed by atoms with Gasteiger partial charge in [-0.1, -0.05) is 32.0 Å². The van der Waals surface area contributed by atoms with Gasteiger partial charge >= 0.3 is 0 Å². The van der Waals surface area contributed by atoms with Gasteiger partial charge in [-0.25, -0.2) is 0 Å². The molecule has 0 fully saturated rings. The number of nitrogens with one attached hydrogen (secondary N) is 1. The molecule has 0 spiro atoms. The third kappa shape index (κ3) is 4.75. The van der Waals surface area contributed by atoms with Crippen molar-refractivity contribution in [3.05, 3.63) is 29.8 Å². The van der Waals surface area contributed by atoms with E-state index in [0.717, 1.165) is 11.3 Å². The predicted molar refractivity (Wildman–Crippen MR) is 70.5 cm³/mol. The number of benzene rings is 1. The Morgan fingerprint density at radius 2 is 2.00 bits per heavy atom. The summed E-state index contributed by atoms with van der Waals surface area (Å²) in [6.45, 7) is 6.55. The highest BCUT2D eigenvalue weighted by Crippen LogP contribution is 2.22. The molecular formula is C14H23NO2. The Labute approximate surface area is 104 Å². The summed E-state index contributed by atoms with van der Waals surface area (Å²) in [5.41, 5.74) is 0.268. The van der Waals surface area contributed by atoms with Gasteiger partial charge in [0.25, 0.3) is 0 Å². The van der Waals surface area contributed by atoms with E-state index < -0.39 is 5.60 Å². The molecule has 1 aromatic rings. The van der Waals surface area contributed by atoms with Gasteiger partial charge in [0.2, 0.25) is 0 Å². The lowest BCUT2D eigenvalue weighted by Gasteiger charge is -2.26. The smallest absolute Gasteiger partial charge is 0.122 e. The van der Waals surface area contributed by atoms with Gasteiger partial charge in [0.1, 0.15) is 5.75 Å². The zero-order valence-corrected chi connectivity index (χ0v) is 11.2. The van der Waals surface area contributed by atoms with Crippen molar-refractivity contribution in [2.75, 3.05) is 13.7 Å². The first-order chi connectivity index (χ1) is 7.94. The summed E-state index contributed by atoms with van der Waals surface area (Å²) < 4.78 is 5.29. The number of hydrogen-bond donors (Lipinski definition) is 2. The number of methoxy groups -OCH3 is 1. The minimum Gasteiger partial charge on any atom is -0.496 e. The molecule has 96 valence electrons. The van der Waals surface area contributed by atoms with Gasteiger partial charge in [-0.15, -0.1) is 0 Å². The van der Waals surface area contributed by atoms with E-state index in [1.807, 2.05) is 31.2 Å². The van der Waals surface area contributed by atoms with Crippen molar-refractivity contribution in [2.45, 2.75) is 38.8 Å². The topological polar surface area (TPSA) is 41.5 Å². The molecule has 3 heteroatoms. The average Bonchev–Trinajstić information content (AvgIpc) is 2.27. The van der Waals surface area contributed by atoms with Crippen LogP contribution in [0, 0.1) is 0 Å². The highest BCUT2D eigenvalue weighted by Gasteiger charge is 2.22. The third-order valence-electron chi connectivity index (χ3n) is 2.65. The molecule has 0 bridgehead atoms. The second-order valence-electron chi connectivity index (χ2n) is 5.02. The van der Waals surface area contributed by atoms with Crippen LogP contribution in [0.5, 0.6) is 5.75 Å². The molecule has 0 aliphatic rings. The normalized spacial score (nSPS) is 14.7. The SMILES string of the molecule is COc1ccccc1CC(C)(O)CNC(C)C. The molecule has 0 amide bonds. The van der Waals surface area contributed by atoms with Gasteiger partial charge in [0.05, 0.1) is 12.7 Å². The number of hydrogen-bond acceptors (Lipinski definition) is 3. The standard InChI is InChI=1S/C14H23NO2/c1-11(2)15-10-14(3,16)9-12-7-5-6-8-13(12)17-4/h5-8,11,15-16H,9-10H2,1-4H3. The van der Waals surface area contributed by atoms with Crippen molar-refractivity contribution >= 4 is 0 Å². The zero-order chi connectivity index (χ0) is 12.9. The fourth-order valence-electron chi connectivity index (χ4n) is 1.75. The van der Waals surface area contributed by atoms with E-state index in [2.05, 4.69) is 19.2 Å². The lowest BCUT2D eigenvalue weighted by Crippen LogP contribution is -2.42. The summed E-state index contributed by atoms with van der Waals surface area (Å²) in [5.74, 6) is 0.831. The van der Waals surface area contributed by atoms with Gasteiger partial charge < -0.3 is 15.2 Å². The van der Waals surface area contributed by atoms with Crippen LogP contribution in [-0.2, 0) is 6.42 Å². The predicted octanol–water partition coefficient (Wildman–Crippen LogP) is 1.99. The first kappa shape index (κ1) is 14.0. The largest absolute Gasteiger partial charge is 0.496 e. The van der Waals surface area contributed by atoms with E-state index in [4.69, 9.17) is 4.74 Å². The molecule has 0 radical (unpaired) electrons. The number of rotatable bonds is 6. The van der Waals surface area contributed by atoms with Gasteiger partial charge in [-0.2, -0.15) is 0 Å². The Morgan fingerprint density at radius 1 is 1.35 bits per heavy atom. The van der Waals surface area contributed by atoms with Crippen LogP contribution in [0.25, 0.3) is 0 Å². The molecule has 17 heavy (non-hydrogen) atoms. The summed E-state index contributed by atoms with van der Waals surface area (Å²) in [7, 11) is 1.65. The van der Waals surface area contributed by atoms with Crippen LogP contribution in [0.2, 0.25) is 0 Å². The van der Waals surface area contributed by atoms with Gasteiger partial charge in [-0.05, 0) is 18.6 Å². The lowest BCUT2D eigenvalue weighted by molar-refractivity contribution is 0.0575. The molecule has 0 aromatic heterocycles. The molecule has 0 aliphatic carbocycles. The quantitative estimate of drug-likeness (QED) is 0.795. The second kappa shape index (κ2) is 6.03. The third-order valence-corrected chi connectivity index (χ3v) is 2.65.